The normalized spacial score (nSPS) is 12.3. The molecule has 0 aromatic carbocycles. The molecule has 0 unspecified atom stereocenters. The molecule has 0 aliphatic carbocycles. The van der Waals surface area contributed by atoms with Gasteiger partial charge in [0.25, 0.3) is 0 Å². The summed E-state index contributed by atoms with van der Waals surface area (Å²) in [6.45, 7) is -3.01. The van der Waals surface area contributed by atoms with Crippen molar-refractivity contribution in [1.29, 1.82) is 0 Å². The fourth-order valence-corrected chi connectivity index (χ4v) is 1.06. The van der Waals surface area contributed by atoms with E-state index in [9.17, 15) is 0 Å². The Labute approximate surface area is 116 Å². The molecule has 0 heterocycles. The van der Waals surface area contributed by atoms with E-state index in [-0.39, 0.29) is 30.3 Å². The van der Waals surface area contributed by atoms with Crippen molar-refractivity contribution in [3.05, 3.63) is 0 Å². The van der Waals surface area contributed by atoms with Crippen molar-refractivity contribution < 1.29 is 52.4 Å². The van der Waals surface area contributed by atoms with Gasteiger partial charge in [-0.1, -0.05) is 0 Å². The Balaban J connectivity index is 0. The van der Waals surface area contributed by atoms with Crippen LogP contribution in [0, 0.1) is 10.8 Å². The third kappa shape index (κ3) is 5.48. The third-order valence-electron chi connectivity index (χ3n) is 2.83. The zero-order valence-electron chi connectivity index (χ0n) is 10.1. The number of aliphatic hydroxyl groups excluding tert-OH is 6. The molecule has 0 aliphatic rings. The molecule has 0 aliphatic heterocycles. The van der Waals surface area contributed by atoms with Gasteiger partial charge in [0.05, 0.1) is 63.7 Å². The van der Waals surface area contributed by atoms with Gasteiger partial charge in [-0.05, 0) is 0 Å². The van der Waals surface area contributed by atoms with E-state index in [1.54, 1.807) is 0 Å². The van der Waals surface area contributed by atoms with Crippen LogP contribution in [0.3, 0.4) is 0 Å². The molecule has 0 rings (SSSR count). The minimum Gasteiger partial charge on any atom is -0.396 e. The predicted molar refractivity (Wildman–Crippen MR) is 58.2 cm³/mol. The first-order valence-electron chi connectivity index (χ1n) is 5.30. The second-order valence-corrected chi connectivity index (χ2v) is 4.44. The molecule has 7 nitrogen and oxygen atoms in total. The first kappa shape index (κ1) is 20.6. The topological polar surface area (TPSA) is 131 Å². The van der Waals surface area contributed by atoms with E-state index >= 15 is 0 Å². The first-order valence-corrected chi connectivity index (χ1v) is 5.30. The van der Waals surface area contributed by atoms with Gasteiger partial charge in [-0.2, -0.15) is 0 Å². The van der Waals surface area contributed by atoms with Crippen LogP contribution in [0.5, 0.6) is 0 Å². The Morgan fingerprint density at radius 2 is 0.778 bits per heavy atom. The quantitative estimate of drug-likeness (QED) is 0.236. The smallest absolute Gasteiger partial charge is 0.0629 e. The maximum atomic E-state index is 9.03. The summed E-state index contributed by atoms with van der Waals surface area (Å²) in [5.41, 5.74) is -2.32. The van der Waals surface area contributed by atoms with Crippen LogP contribution in [0.25, 0.3) is 0 Å². The molecule has 8 heteroatoms. The molecule has 0 saturated heterocycles. The van der Waals surface area contributed by atoms with Crippen LogP contribution in [0.2, 0.25) is 0 Å². The molecule has 0 atom stereocenters. The molecule has 0 saturated carbocycles. The summed E-state index contributed by atoms with van der Waals surface area (Å²) < 4.78 is 5.15. The van der Waals surface area contributed by atoms with Gasteiger partial charge in [-0.25, -0.2) is 0 Å². The summed E-state index contributed by atoms with van der Waals surface area (Å²) >= 11 is 0. The van der Waals surface area contributed by atoms with E-state index in [0.717, 1.165) is 0 Å². The monoisotopic (exact) mass is 310 g/mol. The van der Waals surface area contributed by atoms with E-state index in [1.165, 1.54) is 0 Å². The van der Waals surface area contributed by atoms with Gasteiger partial charge in [0.2, 0.25) is 0 Å². The van der Waals surface area contributed by atoms with Crippen molar-refractivity contribution in [3.63, 3.8) is 0 Å². The Bertz CT molecular complexity index is 158. The zero-order valence-corrected chi connectivity index (χ0v) is 11.2. The molecule has 0 bridgehead atoms. The van der Waals surface area contributed by atoms with Gasteiger partial charge in [-0.3, -0.25) is 0 Å². The summed E-state index contributed by atoms with van der Waals surface area (Å²) in [6.07, 6.45) is 0. The van der Waals surface area contributed by atoms with Crippen molar-refractivity contribution in [1.82, 2.24) is 0 Å². The SMILES string of the molecule is OCC(CO)(CO)COCC(CO)(CO)CO.[Fe]. The summed E-state index contributed by atoms with van der Waals surface area (Å²) in [6, 6.07) is 0. The Morgan fingerprint density at radius 3 is 0.944 bits per heavy atom. The van der Waals surface area contributed by atoms with Gasteiger partial charge in [0.15, 0.2) is 0 Å². The standard InChI is InChI=1S/C10H22O7.Fe/c11-1-9(2-12,3-13)7-17-8-10(4-14,5-15)6-16;/h11-16H,1-8H2;. The average Bonchev–Trinajstić information content (AvgIpc) is 2.41. The largest absolute Gasteiger partial charge is 0.396 e. The third-order valence-corrected chi connectivity index (χ3v) is 2.83. The Hall–Kier alpha value is 0.239. The number of hydrogen-bond acceptors (Lipinski definition) is 7. The van der Waals surface area contributed by atoms with Crippen molar-refractivity contribution in [2.75, 3.05) is 52.9 Å². The minimum absolute atomic E-state index is 0. The van der Waals surface area contributed by atoms with E-state index < -0.39 is 50.5 Å². The molecule has 0 aromatic rings. The van der Waals surface area contributed by atoms with Crippen molar-refractivity contribution >= 4 is 0 Å². The van der Waals surface area contributed by atoms with Crippen LogP contribution in [-0.2, 0) is 21.8 Å². The molecule has 0 amide bonds. The van der Waals surface area contributed by atoms with Gasteiger partial charge < -0.3 is 35.4 Å². The van der Waals surface area contributed by atoms with Crippen molar-refractivity contribution in [2.45, 2.75) is 0 Å². The second kappa shape index (κ2) is 10.1. The molecular weight excluding hydrogens is 288 g/mol. The number of aliphatic hydroxyl groups is 6. The average molecular weight is 310 g/mol. The van der Waals surface area contributed by atoms with Crippen LogP contribution in [0.4, 0.5) is 0 Å². The van der Waals surface area contributed by atoms with E-state index in [2.05, 4.69) is 0 Å². The van der Waals surface area contributed by atoms with Crippen molar-refractivity contribution in [2.24, 2.45) is 10.8 Å². The van der Waals surface area contributed by atoms with Crippen molar-refractivity contribution in [3.8, 4) is 0 Å². The molecule has 0 spiro atoms. The Kier molecular flexibility index (Phi) is 11.5. The predicted octanol–water partition coefficient (Wildman–Crippen LogP) is -3.07. The molecule has 0 aromatic heterocycles. The zero-order chi connectivity index (χ0) is 13.4. The Morgan fingerprint density at radius 1 is 0.556 bits per heavy atom. The van der Waals surface area contributed by atoms with Gasteiger partial charge in [0, 0.05) is 17.1 Å². The molecule has 112 valence electrons. The van der Waals surface area contributed by atoms with Crippen LogP contribution >= 0.6 is 0 Å². The fourth-order valence-electron chi connectivity index (χ4n) is 1.06. The minimum atomic E-state index is -1.16. The van der Waals surface area contributed by atoms with Crippen LogP contribution in [0.15, 0.2) is 0 Å². The molecular formula is C10H22FeO7. The summed E-state index contributed by atoms with van der Waals surface area (Å²) in [7, 11) is 0. The van der Waals surface area contributed by atoms with E-state index in [0.29, 0.717) is 0 Å². The maximum absolute atomic E-state index is 9.03. The fraction of sp³-hybridized carbons (Fsp3) is 1.00. The number of ether oxygens (including phenoxy) is 1. The molecule has 0 fully saturated rings. The van der Waals surface area contributed by atoms with Crippen LogP contribution < -0.4 is 0 Å². The molecule has 0 radical (unpaired) electrons. The van der Waals surface area contributed by atoms with Gasteiger partial charge >= 0.3 is 0 Å². The van der Waals surface area contributed by atoms with Crippen LogP contribution in [-0.4, -0.2) is 83.5 Å². The van der Waals surface area contributed by atoms with Gasteiger partial charge in [0.1, 0.15) is 0 Å². The summed E-state index contributed by atoms with van der Waals surface area (Å²) in [5, 5.41) is 54.2. The number of hydrogen-bond donors (Lipinski definition) is 6. The molecule has 18 heavy (non-hydrogen) atoms. The molecule has 6 N–H and O–H groups in total. The van der Waals surface area contributed by atoms with E-state index in [1.807, 2.05) is 0 Å². The second-order valence-electron chi connectivity index (χ2n) is 4.44. The van der Waals surface area contributed by atoms with Gasteiger partial charge in [-0.15, -0.1) is 0 Å². The first-order chi connectivity index (χ1) is 8.07. The van der Waals surface area contributed by atoms with Crippen LogP contribution in [0.1, 0.15) is 0 Å². The number of rotatable bonds is 10. The van der Waals surface area contributed by atoms with E-state index in [4.69, 9.17) is 35.4 Å². The maximum Gasteiger partial charge on any atom is 0.0629 e. The summed E-state index contributed by atoms with van der Waals surface area (Å²) in [5.74, 6) is 0. The summed E-state index contributed by atoms with van der Waals surface area (Å²) in [4.78, 5) is 0.